The van der Waals surface area contributed by atoms with E-state index < -0.39 is 0 Å². The quantitative estimate of drug-likeness (QED) is 0.473. The van der Waals surface area contributed by atoms with E-state index in [4.69, 9.17) is 6.42 Å². The molecule has 0 aliphatic heterocycles. The van der Waals surface area contributed by atoms with E-state index >= 15 is 0 Å². The molecule has 0 aromatic carbocycles. The number of terminal acetylenes is 1. The zero-order valence-electron chi connectivity index (χ0n) is 4.22. The first kappa shape index (κ1) is 5.33. The second-order valence-electron chi connectivity index (χ2n) is 1.29. The lowest BCUT2D eigenvalue weighted by atomic mass is 10.6. The van der Waals surface area contributed by atoms with Crippen LogP contribution in [0.3, 0.4) is 0 Å². The Balaban J connectivity index is 3.05. The summed E-state index contributed by atoms with van der Waals surface area (Å²) in [4.78, 5) is 3.90. The molecule has 0 N–H and O–H groups in total. The molecule has 0 aliphatic carbocycles. The van der Waals surface area contributed by atoms with Crippen LogP contribution in [-0.4, -0.2) is 4.98 Å². The minimum Gasteiger partial charge on any atom is -0.233 e. The van der Waals surface area contributed by atoms with Crippen molar-refractivity contribution in [2.75, 3.05) is 0 Å². The monoisotopic (exact) mass is 122 g/mol. The topological polar surface area (TPSA) is 12.9 Å². The molecule has 39 valence electrons. The number of aromatic nitrogens is 1. The fraction of sp³-hybridized carbons (Fsp3) is 0. The van der Waals surface area contributed by atoms with E-state index in [9.17, 15) is 0 Å². The van der Waals surface area contributed by atoms with Crippen molar-refractivity contribution in [1.82, 2.24) is 4.98 Å². The van der Waals surface area contributed by atoms with Crippen LogP contribution < -0.4 is 0 Å². The Bertz CT molecular complexity index is 219. The summed E-state index contributed by atoms with van der Waals surface area (Å²) in [6, 6.07) is 0. The SMILES string of the molecule is C#Cc1nc([CH2])cs1. The molecule has 1 rings (SSSR count). The van der Waals surface area contributed by atoms with Crippen LogP contribution in [0.2, 0.25) is 0 Å². The number of nitrogens with zero attached hydrogens (tertiary/aromatic N) is 1. The van der Waals surface area contributed by atoms with Gasteiger partial charge in [0.2, 0.25) is 0 Å². The molecule has 0 saturated heterocycles. The first-order valence-electron chi connectivity index (χ1n) is 2.07. The third kappa shape index (κ3) is 0.877. The van der Waals surface area contributed by atoms with Gasteiger partial charge in [0, 0.05) is 5.38 Å². The standard InChI is InChI=1S/C6H4NS/c1-3-6-7-5(2)4-8-6/h1,4H,2H2. The van der Waals surface area contributed by atoms with E-state index in [0.29, 0.717) is 5.01 Å². The molecule has 0 spiro atoms. The van der Waals surface area contributed by atoms with E-state index in [2.05, 4.69) is 17.8 Å². The van der Waals surface area contributed by atoms with Gasteiger partial charge in [0.25, 0.3) is 0 Å². The molecule has 1 nitrogen and oxygen atoms in total. The molecule has 0 unspecified atom stereocenters. The van der Waals surface area contributed by atoms with Crippen LogP contribution in [0.25, 0.3) is 0 Å². The maximum absolute atomic E-state index is 5.03. The van der Waals surface area contributed by atoms with Crippen LogP contribution >= 0.6 is 11.3 Å². The predicted octanol–water partition coefficient (Wildman–Crippen LogP) is 1.31. The van der Waals surface area contributed by atoms with Crippen molar-refractivity contribution < 1.29 is 0 Å². The zero-order chi connectivity index (χ0) is 5.98. The van der Waals surface area contributed by atoms with Crippen LogP contribution in [0.5, 0.6) is 0 Å². The zero-order valence-corrected chi connectivity index (χ0v) is 5.03. The Morgan fingerprint density at radius 3 is 2.88 bits per heavy atom. The summed E-state index contributed by atoms with van der Waals surface area (Å²) in [6.07, 6.45) is 5.03. The Morgan fingerprint density at radius 1 is 1.88 bits per heavy atom. The van der Waals surface area contributed by atoms with Crippen molar-refractivity contribution in [3.8, 4) is 12.3 Å². The summed E-state index contributed by atoms with van der Waals surface area (Å²) in [5.74, 6) is 2.42. The van der Waals surface area contributed by atoms with Crippen LogP contribution in [0.15, 0.2) is 5.38 Å². The Labute approximate surface area is 52.4 Å². The molecule has 2 heteroatoms. The van der Waals surface area contributed by atoms with Gasteiger partial charge >= 0.3 is 0 Å². The van der Waals surface area contributed by atoms with Gasteiger partial charge in [-0.15, -0.1) is 17.8 Å². The van der Waals surface area contributed by atoms with E-state index in [1.807, 2.05) is 5.38 Å². The van der Waals surface area contributed by atoms with Gasteiger partial charge in [-0.3, -0.25) is 0 Å². The maximum Gasteiger partial charge on any atom is 0.166 e. The highest BCUT2D eigenvalue weighted by atomic mass is 32.1. The van der Waals surface area contributed by atoms with Crippen LogP contribution in [0.1, 0.15) is 10.7 Å². The highest BCUT2D eigenvalue weighted by Crippen LogP contribution is 2.05. The maximum atomic E-state index is 5.03. The number of thiazole rings is 1. The first-order valence-corrected chi connectivity index (χ1v) is 2.95. The summed E-state index contributed by atoms with van der Waals surface area (Å²) in [6.45, 7) is 3.59. The van der Waals surface area contributed by atoms with Crippen LogP contribution in [0.4, 0.5) is 0 Å². The van der Waals surface area contributed by atoms with Crippen molar-refractivity contribution in [3.63, 3.8) is 0 Å². The third-order valence-corrected chi connectivity index (χ3v) is 1.50. The lowest BCUT2D eigenvalue weighted by Crippen LogP contribution is -1.69. The van der Waals surface area contributed by atoms with Gasteiger partial charge in [0.15, 0.2) is 5.01 Å². The third-order valence-electron chi connectivity index (χ3n) is 0.675. The average molecular weight is 122 g/mol. The molecule has 0 fully saturated rings. The van der Waals surface area contributed by atoms with Crippen LogP contribution in [0, 0.1) is 19.3 Å². The fourth-order valence-electron chi connectivity index (χ4n) is 0.373. The fourth-order valence-corrected chi connectivity index (χ4v) is 0.912. The lowest BCUT2D eigenvalue weighted by Gasteiger charge is -1.70. The van der Waals surface area contributed by atoms with Crippen LogP contribution in [-0.2, 0) is 0 Å². The smallest absolute Gasteiger partial charge is 0.166 e. The van der Waals surface area contributed by atoms with Gasteiger partial charge in [-0.25, -0.2) is 4.98 Å². The number of rotatable bonds is 0. The molecule has 1 aromatic rings. The Hall–Kier alpha value is -0.810. The number of hydrogen-bond acceptors (Lipinski definition) is 2. The summed E-state index contributed by atoms with van der Waals surface area (Å²) < 4.78 is 0. The Morgan fingerprint density at radius 2 is 2.62 bits per heavy atom. The molecule has 1 heterocycles. The molecule has 0 amide bonds. The summed E-state index contributed by atoms with van der Waals surface area (Å²) in [5.41, 5.74) is 0.753. The molecule has 8 heavy (non-hydrogen) atoms. The second kappa shape index (κ2) is 1.97. The lowest BCUT2D eigenvalue weighted by molar-refractivity contribution is 1.32. The highest BCUT2D eigenvalue weighted by Gasteiger charge is 1.89. The largest absolute Gasteiger partial charge is 0.233 e. The first-order chi connectivity index (χ1) is 3.83. The molecule has 0 aliphatic rings. The number of hydrogen-bond donors (Lipinski definition) is 0. The van der Waals surface area contributed by atoms with Gasteiger partial charge in [0.05, 0.1) is 5.69 Å². The van der Waals surface area contributed by atoms with E-state index in [0.717, 1.165) is 5.69 Å². The highest BCUT2D eigenvalue weighted by molar-refractivity contribution is 7.10. The molecule has 1 aromatic heterocycles. The molecular weight excluding hydrogens is 118 g/mol. The normalized spacial score (nSPS) is 8.50. The molecule has 0 atom stereocenters. The minimum absolute atomic E-state index is 0.704. The van der Waals surface area contributed by atoms with Crippen molar-refractivity contribution in [2.45, 2.75) is 0 Å². The van der Waals surface area contributed by atoms with E-state index in [-0.39, 0.29) is 0 Å². The average Bonchev–Trinajstić information content (AvgIpc) is 2.14. The van der Waals surface area contributed by atoms with Crippen molar-refractivity contribution >= 4 is 11.3 Å². The van der Waals surface area contributed by atoms with Gasteiger partial charge in [-0.05, 0) is 12.8 Å². The molecule has 0 bridgehead atoms. The van der Waals surface area contributed by atoms with Crippen molar-refractivity contribution in [3.05, 3.63) is 23.0 Å². The second-order valence-corrected chi connectivity index (χ2v) is 2.15. The van der Waals surface area contributed by atoms with Crippen molar-refractivity contribution in [1.29, 1.82) is 0 Å². The van der Waals surface area contributed by atoms with E-state index in [1.165, 1.54) is 11.3 Å². The summed E-state index contributed by atoms with van der Waals surface area (Å²) >= 11 is 1.44. The molecule has 0 saturated carbocycles. The minimum atomic E-state index is 0.704. The Kier molecular flexibility index (Phi) is 1.32. The summed E-state index contributed by atoms with van der Waals surface area (Å²) in [5, 5.41) is 2.53. The van der Waals surface area contributed by atoms with Gasteiger partial charge in [-0.2, -0.15) is 0 Å². The molecular formula is C6H4NS. The van der Waals surface area contributed by atoms with E-state index in [1.54, 1.807) is 0 Å². The van der Waals surface area contributed by atoms with Gasteiger partial charge in [-0.1, -0.05) is 0 Å². The van der Waals surface area contributed by atoms with Gasteiger partial charge < -0.3 is 0 Å². The predicted molar refractivity (Wildman–Crippen MR) is 34.5 cm³/mol. The molecule has 1 radical (unpaired) electrons. The van der Waals surface area contributed by atoms with Crippen molar-refractivity contribution in [2.24, 2.45) is 0 Å². The van der Waals surface area contributed by atoms with Gasteiger partial charge in [0.1, 0.15) is 0 Å². The summed E-state index contributed by atoms with van der Waals surface area (Å²) in [7, 11) is 0.